The van der Waals surface area contributed by atoms with E-state index in [-0.39, 0.29) is 29.2 Å². The number of Topliss-reactive ketones (excluding diaryl/α,β-unsaturated/α-hetero) is 1. The quantitative estimate of drug-likeness (QED) is 0.645. The molecule has 0 aromatic heterocycles. The van der Waals surface area contributed by atoms with Crippen LogP contribution in [-0.2, 0) is 9.53 Å². The van der Waals surface area contributed by atoms with Gasteiger partial charge in [0.05, 0.1) is 23.5 Å². The fourth-order valence-electron chi connectivity index (χ4n) is 5.26. The van der Waals surface area contributed by atoms with E-state index in [2.05, 4.69) is 24.5 Å². The number of ketones is 1. The van der Waals surface area contributed by atoms with E-state index in [1.165, 1.54) is 12.1 Å². The van der Waals surface area contributed by atoms with E-state index in [4.69, 9.17) is 4.74 Å². The third-order valence-electron chi connectivity index (χ3n) is 6.81. The Morgan fingerprint density at radius 3 is 2.68 bits per heavy atom. The molecule has 6 nitrogen and oxygen atoms in total. The summed E-state index contributed by atoms with van der Waals surface area (Å²) in [6.07, 6.45) is 2.93. The Morgan fingerprint density at radius 1 is 1.18 bits per heavy atom. The molecule has 0 unspecified atom stereocenters. The fraction of sp³-hybridized carbons (Fsp3) is 0.407. The Labute approximate surface area is 199 Å². The summed E-state index contributed by atoms with van der Waals surface area (Å²) in [5.41, 5.74) is 3.29. The van der Waals surface area contributed by atoms with Gasteiger partial charge in [0, 0.05) is 30.8 Å². The van der Waals surface area contributed by atoms with E-state index < -0.39 is 6.04 Å². The lowest BCUT2D eigenvalue weighted by Gasteiger charge is -2.37. The number of nitrogens with zero attached hydrogens (tertiary/aromatic N) is 1. The third-order valence-corrected chi connectivity index (χ3v) is 6.81. The van der Waals surface area contributed by atoms with Crippen molar-refractivity contribution in [2.45, 2.75) is 51.7 Å². The lowest BCUT2D eigenvalue weighted by Crippen LogP contribution is -2.46. The maximum atomic E-state index is 13.8. The van der Waals surface area contributed by atoms with Crippen molar-refractivity contribution >= 4 is 23.2 Å². The average molecular weight is 464 g/mol. The number of urea groups is 1. The SMILES string of the molecule is CC1(C)CC(=O)C2=C(C1)Nc1ccccc1N(C(=O)NC[C@H]1CCCO1)[C@@H]2c1ccc(F)cc1. The Balaban J connectivity index is 1.64. The molecule has 1 saturated heterocycles. The maximum absolute atomic E-state index is 13.8. The van der Waals surface area contributed by atoms with Crippen LogP contribution >= 0.6 is 0 Å². The first-order valence-corrected chi connectivity index (χ1v) is 11.9. The van der Waals surface area contributed by atoms with E-state index in [1.807, 2.05) is 24.3 Å². The van der Waals surface area contributed by atoms with Crippen LogP contribution in [0.2, 0.25) is 0 Å². The number of allylic oxidation sites excluding steroid dienone is 1. The van der Waals surface area contributed by atoms with Crippen molar-refractivity contribution in [2.24, 2.45) is 5.41 Å². The summed E-state index contributed by atoms with van der Waals surface area (Å²) in [4.78, 5) is 29.0. The summed E-state index contributed by atoms with van der Waals surface area (Å²) >= 11 is 0. The van der Waals surface area contributed by atoms with Gasteiger partial charge in [0.25, 0.3) is 0 Å². The molecule has 2 aliphatic heterocycles. The molecular formula is C27H30FN3O3. The normalized spacial score (nSPS) is 23.6. The van der Waals surface area contributed by atoms with E-state index >= 15 is 0 Å². The highest BCUT2D eigenvalue weighted by atomic mass is 19.1. The van der Waals surface area contributed by atoms with Crippen molar-refractivity contribution in [1.29, 1.82) is 0 Å². The molecule has 2 N–H and O–H groups in total. The van der Waals surface area contributed by atoms with Gasteiger partial charge in [-0.1, -0.05) is 38.1 Å². The van der Waals surface area contributed by atoms with Gasteiger partial charge in [0.2, 0.25) is 0 Å². The van der Waals surface area contributed by atoms with Crippen molar-refractivity contribution in [3.63, 3.8) is 0 Å². The molecule has 2 aromatic rings. The van der Waals surface area contributed by atoms with Crippen molar-refractivity contribution in [3.05, 3.63) is 71.2 Å². The highest BCUT2D eigenvalue weighted by Gasteiger charge is 2.43. The van der Waals surface area contributed by atoms with Gasteiger partial charge in [-0.2, -0.15) is 0 Å². The van der Waals surface area contributed by atoms with Crippen LogP contribution < -0.4 is 15.5 Å². The highest BCUT2D eigenvalue weighted by molar-refractivity contribution is 6.06. The molecule has 7 heteroatoms. The van der Waals surface area contributed by atoms with Gasteiger partial charge in [-0.05, 0) is 54.5 Å². The summed E-state index contributed by atoms with van der Waals surface area (Å²) < 4.78 is 19.5. The maximum Gasteiger partial charge on any atom is 0.322 e. The second-order valence-electron chi connectivity index (χ2n) is 10.1. The zero-order valence-corrected chi connectivity index (χ0v) is 19.6. The fourth-order valence-corrected chi connectivity index (χ4v) is 5.26. The predicted molar refractivity (Wildman–Crippen MR) is 129 cm³/mol. The van der Waals surface area contributed by atoms with Crippen molar-refractivity contribution in [1.82, 2.24) is 5.32 Å². The molecule has 0 saturated carbocycles. The van der Waals surface area contributed by atoms with Gasteiger partial charge in [0.15, 0.2) is 5.78 Å². The van der Waals surface area contributed by atoms with Gasteiger partial charge < -0.3 is 15.4 Å². The summed E-state index contributed by atoms with van der Waals surface area (Å²) in [6.45, 7) is 5.25. The minimum atomic E-state index is -0.681. The minimum absolute atomic E-state index is 0.00203. The summed E-state index contributed by atoms with van der Waals surface area (Å²) in [5, 5.41) is 6.51. The zero-order chi connectivity index (χ0) is 23.9. The number of carbonyl (C=O) groups excluding carboxylic acids is 2. The van der Waals surface area contributed by atoms with Crippen molar-refractivity contribution < 1.29 is 18.7 Å². The number of halogens is 1. The first kappa shape index (κ1) is 22.6. The molecule has 1 aliphatic carbocycles. The zero-order valence-electron chi connectivity index (χ0n) is 19.6. The first-order chi connectivity index (χ1) is 16.3. The second kappa shape index (κ2) is 8.87. The van der Waals surface area contributed by atoms with Gasteiger partial charge in [-0.15, -0.1) is 0 Å². The first-order valence-electron chi connectivity index (χ1n) is 11.9. The number of hydrogen-bond acceptors (Lipinski definition) is 4. The molecule has 34 heavy (non-hydrogen) atoms. The van der Waals surface area contributed by atoms with Crippen LogP contribution in [0.3, 0.4) is 0 Å². The van der Waals surface area contributed by atoms with Crippen LogP contribution in [0.5, 0.6) is 0 Å². The Morgan fingerprint density at radius 2 is 1.94 bits per heavy atom. The molecule has 2 aromatic carbocycles. The number of fused-ring (bicyclic) bond motifs is 1. The van der Waals surface area contributed by atoms with Gasteiger partial charge in [-0.3, -0.25) is 9.69 Å². The molecule has 2 atom stereocenters. The van der Waals surface area contributed by atoms with Gasteiger partial charge >= 0.3 is 6.03 Å². The lowest BCUT2D eigenvalue weighted by molar-refractivity contribution is -0.118. The second-order valence-corrected chi connectivity index (χ2v) is 10.1. The molecule has 1 fully saturated rings. The number of rotatable bonds is 3. The third kappa shape index (κ3) is 4.32. The number of amides is 2. The van der Waals surface area contributed by atoms with Crippen LogP contribution in [-0.4, -0.2) is 31.1 Å². The van der Waals surface area contributed by atoms with E-state index in [0.29, 0.717) is 42.8 Å². The number of hydrogen-bond donors (Lipinski definition) is 2. The van der Waals surface area contributed by atoms with Crippen LogP contribution in [0.1, 0.15) is 51.1 Å². The molecule has 2 amide bonds. The topological polar surface area (TPSA) is 70.7 Å². The molecule has 5 rings (SSSR count). The molecule has 0 spiro atoms. The monoisotopic (exact) mass is 463 g/mol. The number of anilines is 2. The van der Waals surface area contributed by atoms with E-state index in [9.17, 15) is 14.0 Å². The van der Waals surface area contributed by atoms with Crippen LogP contribution in [0.15, 0.2) is 59.8 Å². The Bertz CT molecular complexity index is 1140. The largest absolute Gasteiger partial charge is 0.376 e. The highest BCUT2D eigenvalue weighted by Crippen LogP contribution is 2.48. The number of carbonyl (C=O) groups is 2. The molecule has 178 valence electrons. The van der Waals surface area contributed by atoms with Crippen molar-refractivity contribution in [3.8, 4) is 0 Å². The Hall–Kier alpha value is -3.19. The molecule has 3 aliphatic rings. The van der Waals surface area contributed by atoms with Crippen LogP contribution in [0.4, 0.5) is 20.6 Å². The Kier molecular flexibility index (Phi) is 5.90. The van der Waals surface area contributed by atoms with Gasteiger partial charge in [0.1, 0.15) is 5.82 Å². The average Bonchev–Trinajstić information content (AvgIpc) is 3.26. The summed E-state index contributed by atoms with van der Waals surface area (Å²) in [5.74, 6) is -0.367. The number of benzene rings is 2. The van der Waals surface area contributed by atoms with E-state index in [0.717, 1.165) is 24.2 Å². The number of nitrogens with one attached hydrogen (secondary N) is 2. The standard InChI is InChI=1S/C27H30FN3O3/c1-27(2)14-21-24(23(32)15-27)25(17-9-11-18(28)12-10-17)31(22-8-4-3-7-20(22)30-21)26(33)29-16-19-6-5-13-34-19/h3-4,7-12,19,25,30H,5-6,13-16H2,1-2H3,(H,29,33)/t19-,25-/m1/s1. The van der Waals surface area contributed by atoms with E-state index in [1.54, 1.807) is 17.0 Å². The van der Waals surface area contributed by atoms with Crippen molar-refractivity contribution in [2.75, 3.05) is 23.4 Å². The van der Waals surface area contributed by atoms with Gasteiger partial charge in [-0.25, -0.2) is 9.18 Å². The predicted octanol–water partition coefficient (Wildman–Crippen LogP) is 5.33. The summed E-state index contributed by atoms with van der Waals surface area (Å²) in [7, 11) is 0. The smallest absolute Gasteiger partial charge is 0.322 e. The number of para-hydroxylation sites is 2. The summed E-state index contributed by atoms with van der Waals surface area (Å²) in [6, 6.07) is 12.6. The minimum Gasteiger partial charge on any atom is -0.376 e. The molecular weight excluding hydrogens is 433 g/mol. The number of ether oxygens (including phenoxy) is 1. The molecule has 0 radical (unpaired) electrons. The lowest BCUT2D eigenvalue weighted by atomic mass is 9.73. The van der Waals surface area contributed by atoms with Crippen LogP contribution in [0.25, 0.3) is 0 Å². The van der Waals surface area contributed by atoms with Crippen LogP contribution in [0, 0.1) is 11.2 Å². The molecule has 0 bridgehead atoms. The molecule has 2 heterocycles.